The number of fused-ring (bicyclic) bond motifs is 1. The van der Waals surface area contributed by atoms with Crippen LogP contribution in [0.25, 0.3) is 11.0 Å². The highest BCUT2D eigenvalue weighted by molar-refractivity contribution is 8.93. The number of ether oxygens (including phenoxy) is 1. The number of hydrogen-bond acceptors (Lipinski definition) is 5. The Morgan fingerprint density at radius 1 is 1.38 bits per heavy atom. The molecule has 1 aliphatic heterocycles. The first-order chi connectivity index (χ1) is 9.78. The van der Waals surface area contributed by atoms with Crippen molar-refractivity contribution in [1.29, 1.82) is 0 Å². The van der Waals surface area contributed by atoms with E-state index in [-0.39, 0.29) is 17.0 Å². The Morgan fingerprint density at radius 2 is 2.14 bits per heavy atom. The van der Waals surface area contributed by atoms with Gasteiger partial charge < -0.3 is 14.8 Å². The van der Waals surface area contributed by atoms with Crippen molar-refractivity contribution in [2.24, 2.45) is 0 Å². The molecule has 1 saturated heterocycles. The molecule has 21 heavy (non-hydrogen) atoms. The molecular formula is C14H20BrN3O2S. The van der Waals surface area contributed by atoms with Gasteiger partial charge in [-0.05, 0) is 17.9 Å². The second kappa shape index (κ2) is 7.49. The number of morpholine rings is 1. The zero-order valence-corrected chi connectivity index (χ0v) is 14.5. The quantitative estimate of drug-likeness (QED) is 0.806. The average Bonchev–Trinajstić information content (AvgIpc) is 2.87. The molecule has 5 nitrogen and oxygen atoms in total. The predicted octanol–water partition coefficient (Wildman–Crippen LogP) is 2.79. The van der Waals surface area contributed by atoms with E-state index >= 15 is 0 Å². The molecule has 1 aromatic heterocycles. The summed E-state index contributed by atoms with van der Waals surface area (Å²) in [4.78, 5) is 10.2. The highest BCUT2D eigenvalue weighted by atomic mass is 79.9. The minimum Gasteiger partial charge on any atom is -0.508 e. The standard InChI is InChI=1S/C14H19N3O2S.BrH/c1-2-20-14-15-11-3-4-12(18)10(13(11)16-14)9-17-5-7-19-8-6-17;/h3-4,18H,2,5-9H2,1H3,(H,15,16);1H. The molecule has 0 atom stereocenters. The summed E-state index contributed by atoms with van der Waals surface area (Å²) in [6.07, 6.45) is 0. The first kappa shape index (κ1) is 16.6. The van der Waals surface area contributed by atoms with Crippen LogP contribution in [0.15, 0.2) is 17.3 Å². The molecular weight excluding hydrogens is 354 g/mol. The lowest BCUT2D eigenvalue weighted by molar-refractivity contribution is 0.0340. The highest BCUT2D eigenvalue weighted by Crippen LogP contribution is 2.29. The molecule has 7 heteroatoms. The smallest absolute Gasteiger partial charge is 0.166 e. The van der Waals surface area contributed by atoms with Gasteiger partial charge >= 0.3 is 0 Å². The van der Waals surface area contributed by atoms with Crippen LogP contribution in [-0.2, 0) is 11.3 Å². The van der Waals surface area contributed by atoms with E-state index in [1.165, 1.54) is 0 Å². The summed E-state index contributed by atoms with van der Waals surface area (Å²) in [5.74, 6) is 1.30. The molecule has 0 unspecified atom stereocenters. The van der Waals surface area contributed by atoms with Gasteiger partial charge in [-0.1, -0.05) is 18.7 Å². The van der Waals surface area contributed by atoms with Crippen LogP contribution in [0.4, 0.5) is 0 Å². The number of imidazole rings is 1. The summed E-state index contributed by atoms with van der Waals surface area (Å²) < 4.78 is 5.36. The molecule has 2 heterocycles. The van der Waals surface area contributed by atoms with Crippen molar-refractivity contribution in [2.45, 2.75) is 18.6 Å². The second-order valence-electron chi connectivity index (χ2n) is 4.82. The Kier molecular flexibility index (Phi) is 5.92. The van der Waals surface area contributed by atoms with Crippen molar-refractivity contribution in [3.8, 4) is 5.75 Å². The molecule has 116 valence electrons. The summed E-state index contributed by atoms with van der Waals surface area (Å²) in [6.45, 7) is 6.13. The van der Waals surface area contributed by atoms with Gasteiger partial charge in [-0.25, -0.2) is 4.98 Å². The lowest BCUT2D eigenvalue weighted by Gasteiger charge is -2.26. The van der Waals surface area contributed by atoms with Gasteiger partial charge in [0, 0.05) is 25.2 Å². The number of phenolic OH excluding ortho intramolecular Hbond substituents is 1. The van der Waals surface area contributed by atoms with Crippen molar-refractivity contribution in [3.63, 3.8) is 0 Å². The molecule has 1 fully saturated rings. The van der Waals surface area contributed by atoms with E-state index in [2.05, 4.69) is 21.8 Å². The molecule has 0 amide bonds. The number of H-pyrrole nitrogens is 1. The van der Waals surface area contributed by atoms with Gasteiger partial charge in [-0.3, -0.25) is 4.90 Å². The number of benzene rings is 1. The molecule has 0 aliphatic carbocycles. The molecule has 0 spiro atoms. The fourth-order valence-electron chi connectivity index (χ4n) is 2.44. The van der Waals surface area contributed by atoms with Gasteiger partial charge in [0.25, 0.3) is 0 Å². The summed E-state index contributed by atoms with van der Waals surface area (Å²) in [5.41, 5.74) is 2.78. The lowest BCUT2D eigenvalue weighted by atomic mass is 10.1. The van der Waals surface area contributed by atoms with Crippen LogP contribution >= 0.6 is 28.7 Å². The Balaban J connectivity index is 0.00000161. The van der Waals surface area contributed by atoms with E-state index in [1.807, 2.05) is 6.07 Å². The third-order valence-electron chi connectivity index (χ3n) is 3.48. The number of nitrogens with one attached hydrogen (secondary N) is 1. The van der Waals surface area contributed by atoms with Crippen molar-refractivity contribution >= 4 is 39.8 Å². The normalized spacial score (nSPS) is 16.0. The predicted molar refractivity (Wildman–Crippen MR) is 90.6 cm³/mol. The van der Waals surface area contributed by atoms with Crippen LogP contribution in [0.2, 0.25) is 0 Å². The average molecular weight is 374 g/mol. The van der Waals surface area contributed by atoms with E-state index < -0.39 is 0 Å². The molecule has 0 bridgehead atoms. The Morgan fingerprint density at radius 3 is 2.86 bits per heavy atom. The van der Waals surface area contributed by atoms with Gasteiger partial charge in [-0.2, -0.15) is 0 Å². The Hall–Kier alpha value is -0.760. The number of hydrogen-bond donors (Lipinski definition) is 2. The summed E-state index contributed by atoms with van der Waals surface area (Å²) >= 11 is 1.68. The van der Waals surface area contributed by atoms with E-state index in [4.69, 9.17) is 4.74 Å². The van der Waals surface area contributed by atoms with E-state index in [1.54, 1.807) is 17.8 Å². The number of aromatic hydroxyl groups is 1. The van der Waals surface area contributed by atoms with Crippen LogP contribution in [0.5, 0.6) is 5.75 Å². The molecule has 1 aliphatic rings. The number of thioether (sulfide) groups is 1. The second-order valence-corrected chi connectivity index (χ2v) is 6.08. The minimum atomic E-state index is 0. The summed E-state index contributed by atoms with van der Waals surface area (Å²) in [5, 5.41) is 11.1. The maximum Gasteiger partial charge on any atom is 0.166 e. The van der Waals surface area contributed by atoms with Gasteiger partial charge in [0.1, 0.15) is 5.75 Å². The molecule has 2 N–H and O–H groups in total. The first-order valence-corrected chi connectivity index (χ1v) is 7.90. The number of nitrogens with zero attached hydrogens (tertiary/aromatic N) is 2. The molecule has 3 rings (SSSR count). The van der Waals surface area contributed by atoms with E-state index in [0.717, 1.165) is 53.8 Å². The summed E-state index contributed by atoms with van der Waals surface area (Å²) in [7, 11) is 0. The van der Waals surface area contributed by atoms with Gasteiger partial charge in [0.15, 0.2) is 5.16 Å². The third-order valence-corrected chi connectivity index (χ3v) is 4.23. The maximum absolute atomic E-state index is 10.2. The van der Waals surface area contributed by atoms with Crippen molar-refractivity contribution < 1.29 is 9.84 Å². The van der Waals surface area contributed by atoms with Crippen molar-refractivity contribution in [3.05, 3.63) is 17.7 Å². The molecule has 0 radical (unpaired) electrons. The highest BCUT2D eigenvalue weighted by Gasteiger charge is 2.17. The number of aromatic amines is 1. The monoisotopic (exact) mass is 373 g/mol. The number of phenols is 1. The van der Waals surface area contributed by atoms with Gasteiger partial charge in [0.2, 0.25) is 0 Å². The fraction of sp³-hybridized carbons (Fsp3) is 0.500. The van der Waals surface area contributed by atoms with Crippen molar-refractivity contribution in [1.82, 2.24) is 14.9 Å². The first-order valence-electron chi connectivity index (χ1n) is 6.91. The van der Waals surface area contributed by atoms with Crippen LogP contribution < -0.4 is 0 Å². The molecule has 0 saturated carbocycles. The molecule has 1 aromatic carbocycles. The zero-order valence-electron chi connectivity index (χ0n) is 12.0. The summed E-state index contributed by atoms with van der Waals surface area (Å²) in [6, 6.07) is 3.64. The third kappa shape index (κ3) is 3.71. The van der Waals surface area contributed by atoms with E-state index in [0.29, 0.717) is 12.3 Å². The number of aromatic nitrogens is 2. The topological polar surface area (TPSA) is 61.4 Å². The maximum atomic E-state index is 10.2. The van der Waals surface area contributed by atoms with Crippen LogP contribution in [0.1, 0.15) is 12.5 Å². The Bertz CT molecular complexity index is 599. The number of rotatable bonds is 4. The SMILES string of the molecule is Br.CCSc1nc2c(CN3CCOCC3)c(O)ccc2[nH]1. The number of halogens is 1. The lowest BCUT2D eigenvalue weighted by Crippen LogP contribution is -2.35. The van der Waals surface area contributed by atoms with Crippen LogP contribution in [0, 0.1) is 0 Å². The van der Waals surface area contributed by atoms with Crippen LogP contribution in [0.3, 0.4) is 0 Å². The largest absolute Gasteiger partial charge is 0.508 e. The molecule has 2 aromatic rings. The zero-order chi connectivity index (χ0) is 13.9. The van der Waals surface area contributed by atoms with E-state index in [9.17, 15) is 5.11 Å². The van der Waals surface area contributed by atoms with Gasteiger partial charge in [0.05, 0.1) is 24.2 Å². The fourth-order valence-corrected chi connectivity index (χ4v) is 3.05. The van der Waals surface area contributed by atoms with Gasteiger partial charge in [-0.15, -0.1) is 17.0 Å². The Labute approximate surface area is 138 Å². The van der Waals surface area contributed by atoms with Crippen LogP contribution in [-0.4, -0.2) is 52.0 Å². The van der Waals surface area contributed by atoms with Crippen molar-refractivity contribution in [2.75, 3.05) is 32.1 Å². The minimum absolute atomic E-state index is 0.